The molecule has 0 bridgehead atoms. The molecule has 1 aliphatic heterocycles. The van der Waals surface area contributed by atoms with E-state index >= 15 is 0 Å². The fourth-order valence-electron chi connectivity index (χ4n) is 4.23. The largest absolute Gasteiger partial charge is 0.363 e. The Bertz CT molecular complexity index is 1230. The molecule has 174 valence electrons. The van der Waals surface area contributed by atoms with E-state index in [0.29, 0.717) is 37.6 Å². The van der Waals surface area contributed by atoms with Crippen LogP contribution in [0.5, 0.6) is 0 Å². The van der Waals surface area contributed by atoms with Crippen molar-refractivity contribution in [1.82, 2.24) is 14.5 Å². The van der Waals surface area contributed by atoms with Gasteiger partial charge in [0.1, 0.15) is 17.3 Å². The summed E-state index contributed by atoms with van der Waals surface area (Å²) in [5.41, 5.74) is 6.51. The molecule has 3 aromatic rings. The number of benzene rings is 2. The summed E-state index contributed by atoms with van der Waals surface area (Å²) in [6, 6.07) is 12.1. The number of hydrogen-bond acceptors (Lipinski definition) is 5. The SMILES string of the molecule is Cc1c(N2CCNCC2)c(=O)n(CC(N)c2ccccc2)c(=O)n1Cc1c(F)cccc1F. The van der Waals surface area contributed by atoms with Gasteiger partial charge in [-0.05, 0) is 24.6 Å². The first-order chi connectivity index (χ1) is 15.9. The zero-order valence-corrected chi connectivity index (χ0v) is 18.4. The van der Waals surface area contributed by atoms with E-state index in [9.17, 15) is 18.4 Å². The normalized spacial score (nSPS) is 15.0. The number of aromatic nitrogens is 2. The molecule has 1 saturated heterocycles. The van der Waals surface area contributed by atoms with Gasteiger partial charge < -0.3 is 16.0 Å². The van der Waals surface area contributed by atoms with Crippen LogP contribution in [-0.2, 0) is 13.1 Å². The Labute approximate surface area is 190 Å². The van der Waals surface area contributed by atoms with Gasteiger partial charge in [0.25, 0.3) is 5.56 Å². The second-order valence-electron chi connectivity index (χ2n) is 8.17. The summed E-state index contributed by atoms with van der Waals surface area (Å²) in [7, 11) is 0. The summed E-state index contributed by atoms with van der Waals surface area (Å²) in [6.07, 6.45) is 0. The van der Waals surface area contributed by atoms with Gasteiger partial charge in [-0.25, -0.2) is 13.6 Å². The molecule has 1 atom stereocenters. The van der Waals surface area contributed by atoms with Crippen molar-refractivity contribution in [3.05, 3.63) is 97.8 Å². The van der Waals surface area contributed by atoms with E-state index in [1.807, 2.05) is 35.2 Å². The Morgan fingerprint density at radius 3 is 2.24 bits per heavy atom. The van der Waals surface area contributed by atoms with Crippen molar-refractivity contribution >= 4 is 5.69 Å². The van der Waals surface area contributed by atoms with Gasteiger partial charge in [0.2, 0.25) is 0 Å². The van der Waals surface area contributed by atoms with E-state index < -0.39 is 28.9 Å². The number of hydrogen-bond donors (Lipinski definition) is 2. The van der Waals surface area contributed by atoms with Crippen LogP contribution in [-0.4, -0.2) is 35.3 Å². The van der Waals surface area contributed by atoms with Crippen LogP contribution in [0.15, 0.2) is 58.1 Å². The lowest BCUT2D eigenvalue weighted by Gasteiger charge is -2.31. The second-order valence-corrected chi connectivity index (χ2v) is 8.17. The number of nitrogens with zero attached hydrogens (tertiary/aromatic N) is 3. The molecule has 1 unspecified atom stereocenters. The first kappa shape index (κ1) is 22.9. The zero-order valence-electron chi connectivity index (χ0n) is 18.4. The molecule has 0 spiro atoms. The average molecular weight is 456 g/mol. The van der Waals surface area contributed by atoms with Gasteiger partial charge in [0.15, 0.2) is 0 Å². The van der Waals surface area contributed by atoms with Gasteiger partial charge in [0, 0.05) is 43.5 Å². The number of piperazine rings is 1. The van der Waals surface area contributed by atoms with E-state index in [0.717, 1.165) is 22.3 Å². The molecule has 2 aromatic carbocycles. The Morgan fingerprint density at radius 2 is 1.61 bits per heavy atom. The molecule has 1 aliphatic rings. The Hall–Kier alpha value is -3.30. The molecule has 4 rings (SSSR count). The van der Waals surface area contributed by atoms with Crippen molar-refractivity contribution in [2.75, 3.05) is 31.1 Å². The second kappa shape index (κ2) is 9.68. The van der Waals surface area contributed by atoms with E-state index in [1.54, 1.807) is 6.92 Å². The maximum absolute atomic E-state index is 14.4. The highest BCUT2D eigenvalue weighted by Gasteiger charge is 2.24. The summed E-state index contributed by atoms with van der Waals surface area (Å²) in [6.45, 7) is 3.78. The molecular weight excluding hydrogens is 428 g/mol. The van der Waals surface area contributed by atoms with Gasteiger partial charge in [-0.3, -0.25) is 13.9 Å². The summed E-state index contributed by atoms with van der Waals surface area (Å²) < 4.78 is 31.2. The number of anilines is 1. The minimum absolute atomic E-state index is 0.0548. The minimum atomic E-state index is -0.747. The summed E-state index contributed by atoms with van der Waals surface area (Å²) in [5.74, 6) is -1.49. The third-order valence-corrected chi connectivity index (χ3v) is 6.08. The van der Waals surface area contributed by atoms with E-state index in [1.165, 1.54) is 10.6 Å². The third kappa shape index (κ3) is 4.60. The number of halogens is 2. The number of nitrogens with one attached hydrogen (secondary N) is 1. The molecule has 0 radical (unpaired) electrons. The zero-order chi connectivity index (χ0) is 23.5. The van der Waals surface area contributed by atoms with E-state index in [4.69, 9.17) is 5.73 Å². The minimum Gasteiger partial charge on any atom is -0.363 e. The monoisotopic (exact) mass is 455 g/mol. The summed E-state index contributed by atoms with van der Waals surface area (Å²) in [4.78, 5) is 28.8. The molecule has 3 N–H and O–H groups in total. The topological polar surface area (TPSA) is 85.3 Å². The molecule has 1 fully saturated rings. The predicted octanol–water partition coefficient (Wildman–Crippen LogP) is 1.75. The van der Waals surface area contributed by atoms with Crippen LogP contribution in [0.1, 0.15) is 22.9 Å². The molecule has 0 amide bonds. The van der Waals surface area contributed by atoms with Crippen LogP contribution in [0.2, 0.25) is 0 Å². The molecule has 0 saturated carbocycles. The molecule has 9 heteroatoms. The van der Waals surface area contributed by atoms with Crippen LogP contribution in [0.3, 0.4) is 0 Å². The molecule has 2 heterocycles. The summed E-state index contributed by atoms with van der Waals surface area (Å²) >= 11 is 0. The van der Waals surface area contributed by atoms with Crippen LogP contribution >= 0.6 is 0 Å². The standard InChI is InChI=1S/C24H27F2N5O2/c1-16-22(29-12-10-28-11-13-29)23(32)31(15-21(27)17-6-3-2-4-7-17)24(33)30(16)14-18-19(25)8-5-9-20(18)26/h2-9,21,28H,10-15,27H2,1H3. The first-order valence-electron chi connectivity index (χ1n) is 10.9. The van der Waals surface area contributed by atoms with E-state index in [-0.39, 0.29) is 18.7 Å². The van der Waals surface area contributed by atoms with Crippen LogP contribution in [0, 0.1) is 18.6 Å². The van der Waals surface area contributed by atoms with Gasteiger partial charge >= 0.3 is 5.69 Å². The van der Waals surface area contributed by atoms with Gasteiger partial charge in [0.05, 0.1) is 13.1 Å². The fraction of sp³-hybridized carbons (Fsp3) is 0.333. The highest BCUT2D eigenvalue weighted by molar-refractivity contribution is 5.49. The molecule has 1 aromatic heterocycles. The van der Waals surface area contributed by atoms with Crippen molar-refractivity contribution in [2.24, 2.45) is 5.73 Å². The quantitative estimate of drug-likeness (QED) is 0.592. The van der Waals surface area contributed by atoms with Crippen LogP contribution in [0.4, 0.5) is 14.5 Å². The third-order valence-electron chi connectivity index (χ3n) is 6.08. The van der Waals surface area contributed by atoms with Crippen molar-refractivity contribution in [3.63, 3.8) is 0 Å². The summed E-state index contributed by atoms with van der Waals surface area (Å²) in [5, 5.41) is 3.23. The maximum Gasteiger partial charge on any atom is 0.331 e. The van der Waals surface area contributed by atoms with Crippen LogP contribution in [0.25, 0.3) is 0 Å². The highest BCUT2D eigenvalue weighted by Crippen LogP contribution is 2.19. The van der Waals surface area contributed by atoms with Crippen molar-refractivity contribution in [2.45, 2.75) is 26.1 Å². The lowest BCUT2D eigenvalue weighted by Crippen LogP contribution is -2.50. The first-order valence-corrected chi connectivity index (χ1v) is 10.9. The predicted molar refractivity (Wildman–Crippen MR) is 124 cm³/mol. The van der Waals surface area contributed by atoms with Gasteiger partial charge in [-0.2, -0.15) is 0 Å². The lowest BCUT2D eigenvalue weighted by molar-refractivity contribution is 0.487. The Kier molecular flexibility index (Phi) is 6.71. The fourth-order valence-corrected chi connectivity index (χ4v) is 4.23. The number of rotatable bonds is 6. The van der Waals surface area contributed by atoms with Crippen molar-refractivity contribution < 1.29 is 8.78 Å². The Balaban J connectivity index is 1.85. The van der Waals surface area contributed by atoms with Crippen molar-refractivity contribution in [3.8, 4) is 0 Å². The van der Waals surface area contributed by atoms with Crippen molar-refractivity contribution in [1.29, 1.82) is 0 Å². The highest BCUT2D eigenvalue weighted by atomic mass is 19.1. The van der Waals surface area contributed by atoms with E-state index in [2.05, 4.69) is 5.32 Å². The molecule has 7 nitrogen and oxygen atoms in total. The lowest BCUT2D eigenvalue weighted by atomic mass is 10.1. The van der Waals surface area contributed by atoms with Crippen LogP contribution < -0.4 is 27.2 Å². The van der Waals surface area contributed by atoms with Gasteiger partial charge in [-0.15, -0.1) is 0 Å². The Morgan fingerprint density at radius 1 is 0.970 bits per heavy atom. The molecule has 0 aliphatic carbocycles. The molecule has 33 heavy (non-hydrogen) atoms. The average Bonchev–Trinajstić information content (AvgIpc) is 2.82. The smallest absolute Gasteiger partial charge is 0.331 e. The molecular formula is C24H27F2N5O2. The number of nitrogens with two attached hydrogens (primary N) is 1. The van der Waals surface area contributed by atoms with Gasteiger partial charge in [-0.1, -0.05) is 36.4 Å². The maximum atomic E-state index is 14.4.